The standard InChI is InChI=1S/C16H13N.C4H10N2/c1-3-7-13(8-4-1)15-11-12-17-16(15)14-9-5-2-6-10-14;1-2-6-4-3-5-1/h1-12,17H;5-6H,1-4H2. The van der Waals surface area contributed by atoms with E-state index in [4.69, 9.17) is 0 Å². The first-order valence-corrected chi connectivity index (χ1v) is 8.15. The fourth-order valence-electron chi connectivity index (χ4n) is 2.67. The average Bonchev–Trinajstić information content (AvgIpc) is 3.15. The molecule has 4 rings (SSSR count). The zero-order chi connectivity index (χ0) is 15.7. The number of hydrogen-bond acceptors (Lipinski definition) is 2. The first-order valence-electron chi connectivity index (χ1n) is 8.15. The Balaban J connectivity index is 0.000000220. The lowest BCUT2D eigenvalue weighted by atomic mass is 10.0. The van der Waals surface area contributed by atoms with Gasteiger partial charge in [0.1, 0.15) is 0 Å². The summed E-state index contributed by atoms with van der Waals surface area (Å²) in [5.74, 6) is 0. The molecule has 0 unspecified atom stereocenters. The topological polar surface area (TPSA) is 39.8 Å². The monoisotopic (exact) mass is 305 g/mol. The minimum atomic E-state index is 1.14. The molecule has 0 radical (unpaired) electrons. The fourth-order valence-corrected chi connectivity index (χ4v) is 2.67. The lowest BCUT2D eigenvalue weighted by molar-refractivity contribution is 0.534. The minimum absolute atomic E-state index is 1.14. The van der Waals surface area contributed by atoms with Gasteiger partial charge in [-0.2, -0.15) is 0 Å². The smallest absolute Gasteiger partial charge is 0.0533 e. The number of H-pyrrole nitrogens is 1. The highest BCUT2D eigenvalue weighted by Crippen LogP contribution is 2.30. The van der Waals surface area contributed by atoms with Gasteiger partial charge in [0.05, 0.1) is 5.69 Å². The molecule has 3 N–H and O–H groups in total. The molecule has 3 heteroatoms. The second-order valence-corrected chi connectivity index (χ2v) is 5.50. The average molecular weight is 305 g/mol. The molecule has 2 aromatic carbocycles. The fraction of sp³-hybridized carbons (Fsp3) is 0.200. The van der Waals surface area contributed by atoms with Crippen molar-refractivity contribution >= 4 is 0 Å². The highest BCUT2D eigenvalue weighted by molar-refractivity contribution is 5.81. The van der Waals surface area contributed by atoms with Crippen molar-refractivity contribution in [3.8, 4) is 22.4 Å². The van der Waals surface area contributed by atoms with E-state index >= 15 is 0 Å². The maximum Gasteiger partial charge on any atom is 0.0533 e. The van der Waals surface area contributed by atoms with Crippen LogP contribution in [0.3, 0.4) is 0 Å². The number of aromatic amines is 1. The molecular weight excluding hydrogens is 282 g/mol. The zero-order valence-corrected chi connectivity index (χ0v) is 13.3. The molecule has 1 aromatic heterocycles. The summed E-state index contributed by atoms with van der Waals surface area (Å²) in [6, 6.07) is 23.0. The van der Waals surface area contributed by atoms with Gasteiger partial charge in [-0.25, -0.2) is 0 Å². The number of hydrogen-bond donors (Lipinski definition) is 3. The predicted molar refractivity (Wildman–Crippen MR) is 97.4 cm³/mol. The number of nitrogens with one attached hydrogen (secondary N) is 3. The lowest BCUT2D eigenvalue weighted by Crippen LogP contribution is -2.39. The summed E-state index contributed by atoms with van der Waals surface area (Å²) < 4.78 is 0. The highest BCUT2D eigenvalue weighted by atomic mass is 15.0. The number of rotatable bonds is 2. The molecule has 0 bridgehead atoms. The van der Waals surface area contributed by atoms with E-state index in [0.29, 0.717) is 0 Å². The van der Waals surface area contributed by atoms with Crippen LogP contribution in [0.2, 0.25) is 0 Å². The summed E-state index contributed by atoms with van der Waals surface area (Å²) in [5, 5.41) is 6.44. The number of benzene rings is 2. The molecule has 2 heterocycles. The van der Waals surface area contributed by atoms with Crippen LogP contribution in [0.5, 0.6) is 0 Å². The summed E-state index contributed by atoms with van der Waals surface area (Å²) in [6.45, 7) is 4.56. The van der Waals surface area contributed by atoms with Crippen LogP contribution in [0, 0.1) is 0 Å². The van der Waals surface area contributed by atoms with Crippen LogP contribution in [-0.2, 0) is 0 Å². The molecule has 0 aliphatic carbocycles. The summed E-state index contributed by atoms with van der Waals surface area (Å²) in [4.78, 5) is 3.32. The number of aromatic nitrogens is 1. The van der Waals surface area contributed by atoms with Gasteiger partial charge in [-0.05, 0) is 17.2 Å². The molecule has 23 heavy (non-hydrogen) atoms. The van der Waals surface area contributed by atoms with E-state index in [-0.39, 0.29) is 0 Å². The van der Waals surface area contributed by atoms with E-state index in [2.05, 4.69) is 70.2 Å². The molecule has 0 saturated carbocycles. The molecule has 3 nitrogen and oxygen atoms in total. The first-order chi connectivity index (χ1) is 11.4. The Labute approximate surface area is 137 Å². The molecule has 1 fully saturated rings. The Bertz CT molecular complexity index is 620. The third-order valence-electron chi connectivity index (χ3n) is 3.85. The summed E-state index contributed by atoms with van der Waals surface area (Å²) >= 11 is 0. The van der Waals surface area contributed by atoms with E-state index < -0.39 is 0 Å². The van der Waals surface area contributed by atoms with Crippen molar-refractivity contribution in [2.24, 2.45) is 0 Å². The molecule has 0 atom stereocenters. The van der Waals surface area contributed by atoms with Gasteiger partial charge in [0, 0.05) is 37.9 Å². The predicted octanol–water partition coefficient (Wildman–Crippen LogP) is 3.53. The Morgan fingerprint density at radius 2 is 1.09 bits per heavy atom. The largest absolute Gasteiger partial charge is 0.361 e. The Hall–Kier alpha value is -2.36. The van der Waals surface area contributed by atoms with Gasteiger partial charge in [0.2, 0.25) is 0 Å². The Morgan fingerprint density at radius 1 is 0.565 bits per heavy atom. The SMILES string of the molecule is C1CNCCN1.c1ccc(-c2cc[nH]c2-c2ccccc2)cc1. The molecular formula is C20H23N3. The van der Waals surface area contributed by atoms with Crippen LogP contribution >= 0.6 is 0 Å². The second kappa shape index (κ2) is 8.32. The summed E-state index contributed by atoms with van der Waals surface area (Å²) in [5.41, 5.74) is 4.89. The molecule has 0 amide bonds. The second-order valence-electron chi connectivity index (χ2n) is 5.50. The van der Waals surface area contributed by atoms with Crippen molar-refractivity contribution in [1.29, 1.82) is 0 Å². The summed E-state index contributed by atoms with van der Waals surface area (Å²) in [7, 11) is 0. The van der Waals surface area contributed by atoms with Crippen molar-refractivity contribution < 1.29 is 0 Å². The van der Waals surface area contributed by atoms with Crippen LogP contribution in [0.1, 0.15) is 0 Å². The third kappa shape index (κ3) is 4.31. The Kier molecular flexibility index (Phi) is 5.62. The lowest BCUT2D eigenvalue weighted by Gasteiger charge is -2.11. The van der Waals surface area contributed by atoms with Gasteiger partial charge in [-0.3, -0.25) is 0 Å². The van der Waals surface area contributed by atoms with Gasteiger partial charge in [0.15, 0.2) is 0 Å². The van der Waals surface area contributed by atoms with Crippen LogP contribution < -0.4 is 10.6 Å². The third-order valence-corrected chi connectivity index (χ3v) is 3.85. The van der Waals surface area contributed by atoms with E-state index in [9.17, 15) is 0 Å². The molecule has 1 aliphatic rings. The Morgan fingerprint density at radius 3 is 1.61 bits per heavy atom. The van der Waals surface area contributed by atoms with Crippen LogP contribution in [-0.4, -0.2) is 31.2 Å². The minimum Gasteiger partial charge on any atom is -0.361 e. The highest BCUT2D eigenvalue weighted by Gasteiger charge is 2.07. The molecule has 0 spiro atoms. The van der Waals surface area contributed by atoms with E-state index in [0.717, 1.165) is 26.2 Å². The summed E-state index contributed by atoms with van der Waals surface area (Å²) in [6.07, 6.45) is 1.99. The quantitative estimate of drug-likeness (QED) is 0.678. The van der Waals surface area contributed by atoms with Crippen molar-refractivity contribution in [2.45, 2.75) is 0 Å². The van der Waals surface area contributed by atoms with E-state index in [1.54, 1.807) is 0 Å². The van der Waals surface area contributed by atoms with Crippen molar-refractivity contribution in [2.75, 3.05) is 26.2 Å². The molecule has 3 aromatic rings. The first kappa shape index (κ1) is 15.5. The van der Waals surface area contributed by atoms with Crippen LogP contribution in [0.15, 0.2) is 72.9 Å². The van der Waals surface area contributed by atoms with Crippen molar-refractivity contribution in [1.82, 2.24) is 15.6 Å². The maximum absolute atomic E-state index is 3.32. The maximum atomic E-state index is 3.32. The van der Waals surface area contributed by atoms with Crippen LogP contribution in [0.25, 0.3) is 22.4 Å². The number of piperazine rings is 1. The normalized spacial score (nSPS) is 13.9. The van der Waals surface area contributed by atoms with E-state index in [1.807, 2.05) is 18.3 Å². The van der Waals surface area contributed by atoms with Crippen molar-refractivity contribution in [3.05, 3.63) is 72.9 Å². The van der Waals surface area contributed by atoms with Gasteiger partial charge >= 0.3 is 0 Å². The molecule has 118 valence electrons. The van der Waals surface area contributed by atoms with Crippen LogP contribution in [0.4, 0.5) is 0 Å². The zero-order valence-electron chi connectivity index (χ0n) is 13.3. The van der Waals surface area contributed by atoms with Crippen molar-refractivity contribution in [3.63, 3.8) is 0 Å². The van der Waals surface area contributed by atoms with Gasteiger partial charge in [-0.15, -0.1) is 0 Å². The van der Waals surface area contributed by atoms with Gasteiger partial charge in [-0.1, -0.05) is 60.7 Å². The molecule has 1 saturated heterocycles. The van der Waals surface area contributed by atoms with E-state index in [1.165, 1.54) is 22.4 Å². The molecule has 1 aliphatic heterocycles. The van der Waals surface area contributed by atoms with Gasteiger partial charge < -0.3 is 15.6 Å². The van der Waals surface area contributed by atoms with Gasteiger partial charge in [0.25, 0.3) is 0 Å².